The number of aromatic nitrogens is 1. The van der Waals surface area contributed by atoms with Crippen LogP contribution in [0.3, 0.4) is 0 Å². The summed E-state index contributed by atoms with van der Waals surface area (Å²) in [5.41, 5.74) is 0.885. The Hall–Kier alpha value is -1.33. The molecule has 3 rings (SSSR count). The van der Waals surface area contributed by atoms with Crippen molar-refractivity contribution in [2.75, 3.05) is 5.32 Å². The quantitative estimate of drug-likeness (QED) is 0.882. The molecule has 1 aromatic carbocycles. The summed E-state index contributed by atoms with van der Waals surface area (Å²) < 4.78 is 0.813. The molecule has 1 heterocycles. The van der Waals surface area contributed by atoms with Crippen LogP contribution in [0.25, 0.3) is 10.2 Å². The third kappa shape index (κ3) is 2.74. The van der Waals surface area contributed by atoms with Gasteiger partial charge in [0.1, 0.15) is 5.52 Å². The van der Waals surface area contributed by atoms with E-state index in [0.29, 0.717) is 16.6 Å². The molecule has 106 valence electrons. The van der Waals surface area contributed by atoms with Gasteiger partial charge in [0.25, 0.3) is 0 Å². The number of hydrogen-bond donors (Lipinski definition) is 2. The molecule has 1 aliphatic rings. The maximum atomic E-state index is 11.0. The van der Waals surface area contributed by atoms with Gasteiger partial charge in [-0.2, -0.15) is 0 Å². The van der Waals surface area contributed by atoms with Crippen LogP contribution >= 0.6 is 22.9 Å². The molecule has 0 spiro atoms. The number of carboxylic acid groups (broad SMARTS) is 1. The second kappa shape index (κ2) is 5.58. The van der Waals surface area contributed by atoms with Gasteiger partial charge in [-0.3, -0.25) is 0 Å². The lowest BCUT2D eigenvalue weighted by Gasteiger charge is -2.22. The van der Waals surface area contributed by atoms with Gasteiger partial charge in [-0.15, -0.1) is 0 Å². The summed E-state index contributed by atoms with van der Waals surface area (Å²) in [7, 11) is 0. The van der Waals surface area contributed by atoms with Crippen LogP contribution in [0.4, 0.5) is 5.13 Å². The molecule has 6 heteroatoms. The largest absolute Gasteiger partial charge is 0.478 e. The number of carboxylic acids is 1. The highest BCUT2D eigenvalue weighted by atomic mass is 35.5. The highest BCUT2D eigenvalue weighted by Gasteiger charge is 2.17. The first-order chi connectivity index (χ1) is 9.63. The standard InChI is InChI=1S/C14H15ClN2O2S/c15-10-6-8(13(18)19)7-11-12(10)17-14(20-11)16-9-4-2-1-3-5-9/h6-7,9H,1-5H2,(H,16,17)(H,18,19). The fraction of sp³-hybridized carbons (Fsp3) is 0.429. The first kappa shape index (κ1) is 13.6. The molecule has 0 saturated heterocycles. The van der Waals surface area contributed by atoms with Gasteiger partial charge in [0, 0.05) is 6.04 Å². The van der Waals surface area contributed by atoms with Gasteiger partial charge >= 0.3 is 5.97 Å². The molecule has 4 nitrogen and oxygen atoms in total. The lowest BCUT2D eigenvalue weighted by molar-refractivity contribution is 0.0697. The van der Waals surface area contributed by atoms with Gasteiger partial charge in [-0.05, 0) is 25.0 Å². The molecule has 0 unspecified atom stereocenters. The number of thiazole rings is 1. The summed E-state index contributed by atoms with van der Waals surface area (Å²) in [5.74, 6) is -0.969. The molecule has 20 heavy (non-hydrogen) atoms. The molecular weight excluding hydrogens is 296 g/mol. The topological polar surface area (TPSA) is 62.2 Å². The zero-order chi connectivity index (χ0) is 14.1. The van der Waals surface area contributed by atoms with Crippen molar-refractivity contribution in [2.24, 2.45) is 0 Å². The number of anilines is 1. The summed E-state index contributed by atoms with van der Waals surface area (Å²) in [6.45, 7) is 0. The minimum atomic E-state index is -0.969. The number of aromatic carboxylic acids is 1. The summed E-state index contributed by atoms with van der Waals surface area (Å²) in [4.78, 5) is 15.5. The van der Waals surface area contributed by atoms with E-state index in [0.717, 1.165) is 9.83 Å². The van der Waals surface area contributed by atoms with Crippen molar-refractivity contribution in [1.82, 2.24) is 4.98 Å². The molecular formula is C14H15ClN2O2S. The average molecular weight is 311 g/mol. The Morgan fingerprint density at radius 2 is 2.10 bits per heavy atom. The van der Waals surface area contributed by atoms with E-state index in [-0.39, 0.29) is 5.56 Å². The number of fused-ring (bicyclic) bond motifs is 1. The number of rotatable bonds is 3. The smallest absolute Gasteiger partial charge is 0.335 e. The molecule has 2 aromatic rings. The van der Waals surface area contributed by atoms with E-state index in [2.05, 4.69) is 10.3 Å². The molecule has 1 saturated carbocycles. The van der Waals surface area contributed by atoms with Gasteiger partial charge in [-0.1, -0.05) is 42.2 Å². The molecule has 1 aliphatic carbocycles. The van der Waals surface area contributed by atoms with Crippen LogP contribution in [-0.2, 0) is 0 Å². The molecule has 0 amide bonds. The number of benzene rings is 1. The highest BCUT2D eigenvalue weighted by molar-refractivity contribution is 7.22. The first-order valence-electron chi connectivity index (χ1n) is 6.73. The van der Waals surface area contributed by atoms with Crippen molar-refractivity contribution in [3.63, 3.8) is 0 Å². The Morgan fingerprint density at radius 3 is 2.80 bits per heavy atom. The van der Waals surface area contributed by atoms with E-state index >= 15 is 0 Å². The molecule has 0 radical (unpaired) electrons. The Kier molecular flexibility index (Phi) is 3.81. The minimum absolute atomic E-state index is 0.204. The van der Waals surface area contributed by atoms with Crippen LogP contribution in [0.1, 0.15) is 42.5 Å². The maximum Gasteiger partial charge on any atom is 0.335 e. The van der Waals surface area contributed by atoms with E-state index < -0.39 is 5.97 Å². The number of nitrogens with zero attached hydrogens (tertiary/aromatic N) is 1. The zero-order valence-corrected chi connectivity index (χ0v) is 12.4. The van der Waals surface area contributed by atoms with Crippen molar-refractivity contribution in [3.8, 4) is 0 Å². The Labute approximate surface area is 125 Å². The summed E-state index contributed by atoms with van der Waals surface area (Å²) in [6, 6.07) is 3.56. The fourth-order valence-electron chi connectivity index (χ4n) is 2.60. The lowest BCUT2D eigenvalue weighted by Crippen LogP contribution is -2.21. The zero-order valence-electron chi connectivity index (χ0n) is 10.9. The second-order valence-corrected chi connectivity index (χ2v) is 6.55. The molecule has 1 fully saturated rings. The lowest BCUT2D eigenvalue weighted by atomic mass is 9.96. The number of halogens is 1. The van der Waals surface area contributed by atoms with E-state index in [1.807, 2.05) is 0 Å². The van der Waals surface area contributed by atoms with Crippen molar-refractivity contribution in [3.05, 3.63) is 22.7 Å². The third-order valence-electron chi connectivity index (χ3n) is 3.63. The molecule has 0 aliphatic heterocycles. The predicted molar refractivity (Wildman–Crippen MR) is 82.1 cm³/mol. The Bertz CT molecular complexity index is 650. The van der Waals surface area contributed by atoms with Crippen LogP contribution in [0, 0.1) is 0 Å². The van der Waals surface area contributed by atoms with E-state index in [1.165, 1.54) is 49.5 Å². The molecule has 0 bridgehead atoms. The fourth-order valence-corrected chi connectivity index (χ4v) is 3.92. The van der Waals surface area contributed by atoms with Crippen molar-refractivity contribution in [2.45, 2.75) is 38.1 Å². The van der Waals surface area contributed by atoms with E-state index in [4.69, 9.17) is 16.7 Å². The van der Waals surface area contributed by atoms with Gasteiger partial charge in [0.05, 0.1) is 15.3 Å². The Morgan fingerprint density at radius 1 is 1.35 bits per heavy atom. The van der Waals surface area contributed by atoms with Gasteiger partial charge < -0.3 is 10.4 Å². The third-order valence-corrected chi connectivity index (χ3v) is 4.85. The normalized spacial score (nSPS) is 16.4. The first-order valence-corrected chi connectivity index (χ1v) is 7.93. The van der Waals surface area contributed by atoms with Crippen LogP contribution in [-0.4, -0.2) is 22.1 Å². The van der Waals surface area contributed by atoms with Gasteiger partial charge in [0.2, 0.25) is 0 Å². The van der Waals surface area contributed by atoms with Crippen molar-refractivity contribution < 1.29 is 9.90 Å². The minimum Gasteiger partial charge on any atom is -0.478 e. The molecule has 1 aromatic heterocycles. The molecule has 0 atom stereocenters. The summed E-state index contributed by atoms with van der Waals surface area (Å²) in [5, 5.41) is 13.7. The van der Waals surface area contributed by atoms with Crippen LogP contribution in [0.2, 0.25) is 5.02 Å². The molecule has 2 N–H and O–H groups in total. The summed E-state index contributed by atoms with van der Waals surface area (Å²) >= 11 is 7.58. The van der Waals surface area contributed by atoms with Gasteiger partial charge in [0.15, 0.2) is 5.13 Å². The maximum absolute atomic E-state index is 11.0. The van der Waals surface area contributed by atoms with Crippen molar-refractivity contribution >= 4 is 44.3 Å². The van der Waals surface area contributed by atoms with Crippen LogP contribution in [0.5, 0.6) is 0 Å². The number of hydrogen-bond acceptors (Lipinski definition) is 4. The second-order valence-electron chi connectivity index (χ2n) is 5.11. The number of nitrogens with one attached hydrogen (secondary N) is 1. The highest BCUT2D eigenvalue weighted by Crippen LogP contribution is 2.33. The van der Waals surface area contributed by atoms with E-state index in [9.17, 15) is 4.79 Å². The van der Waals surface area contributed by atoms with Crippen LogP contribution in [0.15, 0.2) is 12.1 Å². The van der Waals surface area contributed by atoms with Gasteiger partial charge in [-0.25, -0.2) is 9.78 Å². The van der Waals surface area contributed by atoms with E-state index in [1.54, 1.807) is 6.07 Å². The summed E-state index contributed by atoms with van der Waals surface area (Å²) in [6.07, 6.45) is 6.17. The number of carbonyl (C=O) groups is 1. The van der Waals surface area contributed by atoms with Crippen LogP contribution < -0.4 is 5.32 Å². The van der Waals surface area contributed by atoms with Crippen molar-refractivity contribution in [1.29, 1.82) is 0 Å². The SMILES string of the molecule is O=C(O)c1cc(Cl)c2nc(NC3CCCCC3)sc2c1. The monoisotopic (exact) mass is 310 g/mol. The predicted octanol–water partition coefficient (Wildman–Crippen LogP) is 4.39. The average Bonchev–Trinajstić information content (AvgIpc) is 2.83. The Balaban J connectivity index is 1.89.